The van der Waals surface area contributed by atoms with E-state index in [0.29, 0.717) is 31.9 Å². The predicted octanol–water partition coefficient (Wildman–Crippen LogP) is 0.797. The minimum atomic E-state index is -0.472. The number of aromatic amines is 1. The van der Waals surface area contributed by atoms with Crippen LogP contribution in [0.4, 0.5) is 11.5 Å². The van der Waals surface area contributed by atoms with Crippen molar-refractivity contribution in [2.24, 2.45) is 5.92 Å². The van der Waals surface area contributed by atoms with E-state index in [4.69, 9.17) is 15.2 Å². The minimum Gasteiger partial charge on any atom is -0.383 e. The lowest BCUT2D eigenvalue weighted by molar-refractivity contribution is 0.0204. The molecule has 0 radical (unpaired) electrons. The van der Waals surface area contributed by atoms with Crippen molar-refractivity contribution in [3.8, 4) is 0 Å². The number of nitrogens with two attached hydrogens (primary N) is 1. The van der Waals surface area contributed by atoms with Gasteiger partial charge in [-0.1, -0.05) is 13.8 Å². The number of methoxy groups -OCH3 is 1. The van der Waals surface area contributed by atoms with E-state index in [1.807, 2.05) is 18.7 Å². The number of hydrogen-bond acceptors (Lipinski definition) is 6. The van der Waals surface area contributed by atoms with E-state index >= 15 is 0 Å². The highest BCUT2D eigenvalue weighted by Gasteiger charge is 2.23. The SMILES string of the molecule is COCCN(CC1CCCCO1)c1c(N)n(CC(C)C)c(=O)[nH]c1=O. The average molecular weight is 354 g/mol. The van der Waals surface area contributed by atoms with Crippen LogP contribution in [0.2, 0.25) is 0 Å². The van der Waals surface area contributed by atoms with E-state index in [1.165, 1.54) is 4.57 Å². The summed E-state index contributed by atoms with van der Waals surface area (Å²) in [6.45, 7) is 6.69. The third kappa shape index (κ3) is 5.09. The molecule has 1 fully saturated rings. The first-order valence-corrected chi connectivity index (χ1v) is 8.92. The van der Waals surface area contributed by atoms with Crippen LogP contribution in [0, 0.1) is 5.92 Å². The van der Waals surface area contributed by atoms with Crippen molar-refractivity contribution in [1.29, 1.82) is 0 Å². The summed E-state index contributed by atoms with van der Waals surface area (Å²) in [4.78, 5) is 28.9. The van der Waals surface area contributed by atoms with Crippen LogP contribution in [0.1, 0.15) is 33.1 Å². The summed E-state index contributed by atoms with van der Waals surface area (Å²) in [6, 6.07) is 0. The van der Waals surface area contributed by atoms with Gasteiger partial charge in [0.25, 0.3) is 5.56 Å². The molecule has 2 rings (SSSR count). The summed E-state index contributed by atoms with van der Waals surface area (Å²) in [5.41, 5.74) is 5.62. The fraction of sp³-hybridized carbons (Fsp3) is 0.765. The molecular formula is C17H30N4O4. The van der Waals surface area contributed by atoms with Gasteiger partial charge in [0.1, 0.15) is 11.5 Å². The molecule has 0 amide bonds. The fourth-order valence-corrected chi connectivity index (χ4v) is 3.12. The number of H-pyrrole nitrogens is 1. The van der Waals surface area contributed by atoms with Crippen LogP contribution < -0.4 is 21.9 Å². The molecule has 1 aromatic heterocycles. The number of anilines is 2. The third-order valence-corrected chi connectivity index (χ3v) is 4.34. The summed E-state index contributed by atoms with van der Waals surface area (Å²) in [6.07, 6.45) is 3.18. The summed E-state index contributed by atoms with van der Waals surface area (Å²) < 4.78 is 12.4. The lowest BCUT2D eigenvalue weighted by Crippen LogP contribution is -2.44. The van der Waals surface area contributed by atoms with E-state index in [0.717, 1.165) is 25.9 Å². The maximum absolute atomic E-state index is 12.5. The zero-order chi connectivity index (χ0) is 18.4. The zero-order valence-electron chi connectivity index (χ0n) is 15.4. The maximum Gasteiger partial charge on any atom is 0.330 e. The molecule has 2 heterocycles. The van der Waals surface area contributed by atoms with Crippen molar-refractivity contribution in [3.63, 3.8) is 0 Å². The second-order valence-corrected chi connectivity index (χ2v) is 6.92. The second-order valence-electron chi connectivity index (χ2n) is 6.92. The molecule has 1 saturated heterocycles. The van der Waals surface area contributed by atoms with E-state index in [9.17, 15) is 9.59 Å². The molecule has 0 aromatic carbocycles. The van der Waals surface area contributed by atoms with Crippen molar-refractivity contribution >= 4 is 11.5 Å². The molecule has 25 heavy (non-hydrogen) atoms. The number of nitrogens with zero attached hydrogens (tertiary/aromatic N) is 2. The highest BCUT2D eigenvalue weighted by molar-refractivity contribution is 5.62. The molecule has 1 atom stereocenters. The van der Waals surface area contributed by atoms with Crippen LogP contribution in [0.15, 0.2) is 9.59 Å². The first kappa shape index (κ1) is 19.5. The van der Waals surface area contributed by atoms with Crippen molar-refractivity contribution in [2.75, 3.05) is 44.0 Å². The van der Waals surface area contributed by atoms with Gasteiger partial charge in [-0.3, -0.25) is 14.3 Å². The van der Waals surface area contributed by atoms with Gasteiger partial charge in [-0.2, -0.15) is 0 Å². The Hall–Kier alpha value is -1.80. The number of hydrogen-bond donors (Lipinski definition) is 2. The number of ether oxygens (including phenoxy) is 2. The lowest BCUT2D eigenvalue weighted by Gasteiger charge is -2.31. The maximum atomic E-state index is 12.5. The average Bonchev–Trinajstić information content (AvgIpc) is 2.57. The number of nitrogens with one attached hydrogen (secondary N) is 1. The number of nitrogen functional groups attached to an aromatic ring is 1. The molecule has 1 aliphatic heterocycles. The summed E-state index contributed by atoms with van der Waals surface area (Å²) in [7, 11) is 1.61. The number of rotatable bonds is 8. The van der Waals surface area contributed by atoms with Gasteiger partial charge in [-0.15, -0.1) is 0 Å². The zero-order valence-corrected chi connectivity index (χ0v) is 15.4. The Balaban J connectivity index is 2.37. The highest BCUT2D eigenvalue weighted by atomic mass is 16.5. The third-order valence-electron chi connectivity index (χ3n) is 4.34. The molecular weight excluding hydrogens is 324 g/mol. The smallest absolute Gasteiger partial charge is 0.330 e. The van der Waals surface area contributed by atoms with Crippen molar-refractivity contribution < 1.29 is 9.47 Å². The first-order chi connectivity index (χ1) is 11.9. The second kappa shape index (κ2) is 9.05. The predicted molar refractivity (Wildman–Crippen MR) is 98.3 cm³/mol. The van der Waals surface area contributed by atoms with Gasteiger partial charge in [-0.25, -0.2) is 4.79 Å². The minimum absolute atomic E-state index is 0.0508. The largest absolute Gasteiger partial charge is 0.383 e. The van der Waals surface area contributed by atoms with Crippen molar-refractivity contribution in [1.82, 2.24) is 9.55 Å². The van der Waals surface area contributed by atoms with Gasteiger partial charge in [0.2, 0.25) is 0 Å². The Labute approximate surface area is 147 Å². The summed E-state index contributed by atoms with van der Waals surface area (Å²) in [5, 5.41) is 0. The van der Waals surface area contributed by atoms with Gasteiger partial charge in [0.05, 0.1) is 12.7 Å². The Morgan fingerprint density at radius 1 is 1.40 bits per heavy atom. The number of aromatic nitrogens is 2. The Morgan fingerprint density at radius 2 is 2.16 bits per heavy atom. The Kier molecular flexibility index (Phi) is 7.07. The van der Waals surface area contributed by atoms with E-state index < -0.39 is 11.2 Å². The molecule has 1 unspecified atom stereocenters. The van der Waals surface area contributed by atoms with Crippen LogP contribution in [0.3, 0.4) is 0 Å². The molecule has 0 saturated carbocycles. The van der Waals surface area contributed by atoms with Crippen molar-refractivity contribution in [3.05, 3.63) is 20.8 Å². The molecule has 0 aliphatic carbocycles. The quantitative estimate of drug-likeness (QED) is 0.716. The fourth-order valence-electron chi connectivity index (χ4n) is 3.12. The Morgan fingerprint density at radius 3 is 2.76 bits per heavy atom. The van der Waals surface area contributed by atoms with Gasteiger partial charge < -0.3 is 20.1 Å². The first-order valence-electron chi connectivity index (χ1n) is 8.92. The van der Waals surface area contributed by atoms with Gasteiger partial charge in [0, 0.05) is 33.4 Å². The molecule has 8 heteroatoms. The van der Waals surface area contributed by atoms with Crippen LogP contribution >= 0.6 is 0 Å². The molecule has 3 N–H and O–H groups in total. The lowest BCUT2D eigenvalue weighted by atomic mass is 10.1. The molecule has 0 bridgehead atoms. The topological polar surface area (TPSA) is 103 Å². The normalized spacial score (nSPS) is 17.8. The monoisotopic (exact) mass is 354 g/mol. The molecule has 142 valence electrons. The summed E-state index contributed by atoms with van der Waals surface area (Å²) in [5.74, 6) is 0.433. The Bertz CT molecular complexity index is 662. The van der Waals surface area contributed by atoms with Crippen LogP contribution in [0.5, 0.6) is 0 Å². The van der Waals surface area contributed by atoms with Gasteiger partial charge in [0.15, 0.2) is 0 Å². The molecule has 1 aliphatic rings. The standard InChI is InChI=1S/C17H30N4O4/c1-12(2)10-21-15(18)14(16(22)19-17(21)23)20(7-9-24-3)11-13-6-4-5-8-25-13/h12-13H,4-11,18H2,1-3H3,(H,19,22,23). The van der Waals surface area contributed by atoms with Crippen molar-refractivity contribution in [2.45, 2.75) is 45.8 Å². The van der Waals surface area contributed by atoms with Crippen LogP contribution in [-0.2, 0) is 16.0 Å². The van der Waals surface area contributed by atoms with Gasteiger partial charge >= 0.3 is 5.69 Å². The van der Waals surface area contributed by atoms with E-state index in [1.54, 1.807) is 7.11 Å². The van der Waals surface area contributed by atoms with E-state index in [-0.39, 0.29) is 17.8 Å². The van der Waals surface area contributed by atoms with E-state index in [2.05, 4.69) is 4.98 Å². The summed E-state index contributed by atoms with van der Waals surface area (Å²) >= 11 is 0. The van der Waals surface area contributed by atoms with Crippen LogP contribution in [-0.4, -0.2) is 49.1 Å². The molecule has 8 nitrogen and oxygen atoms in total. The van der Waals surface area contributed by atoms with Crippen LogP contribution in [0.25, 0.3) is 0 Å². The highest BCUT2D eigenvalue weighted by Crippen LogP contribution is 2.21. The molecule has 0 spiro atoms. The molecule has 1 aromatic rings. The van der Waals surface area contributed by atoms with Gasteiger partial charge in [-0.05, 0) is 25.2 Å².